The summed E-state index contributed by atoms with van der Waals surface area (Å²) >= 11 is 0. The summed E-state index contributed by atoms with van der Waals surface area (Å²) in [5.74, 6) is 0.866. The van der Waals surface area contributed by atoms with Gasteiger partial charge < -0.3 is 21.7 Å². The summed E-state index contributed by atoms with van der Waals surface area (Å²) in [4.78, 5) is 0. The molecule has 0 spiro atoms. The van der Waals surface area contributed by atoms with E-state index in [2.05, 4.69) is 83.7 Å². The van der Waals surface area contributed by atoms with Crippen molar-refractivity contribution in [3.8, 4) is 22.7 Å². The molecule has 0 aliphatic carbocycles. The van der Waals surface area contributed by atoms with E-state index in [1.54, 1.807) is 7.11 Å². The van der Waals surface area contributed by atoms with Crippen LogP contribution in [0.15, 0.2) is 73.1 Å². The highest BCUT2D eigenvalue weighted by atomic mass is 79.9. The highest BCUT2D eigenvalue weighted by molar-refractivity contribution is 5.67. The molecular formula is C22H21BrN2O. The molecule has 2 aromatic heterocycles. The first kappa shape index (κ1) is 18.2. The summed E-state index contributed by atoms with van der Waals surface area (Å²) in [7, 11) is 1.69. The fraction of sp³-hybridized carbons (Fsp3) is 0.136. The topological polar surface area (TPSA) is 18.3 Å². The molecule has 0 saturated carbocycles. The number of ether oxygens (including phenoxy) is 1. The second-order valence-electron chi connectivity index (χ2n) is 6.33. The number of hydrogen-bond donors (Lipinski definition) is 0. The first-order valence-corrected chi connectivity index (χ1v) is 8.41. The van der Waals surface area contributed by atoms with E-state index in [4.69, 9.17) is 4.74 Å². The standard InChI is InChI=1S/C22H21N2O.BrH/c1-16-7-12-20(17(2)14-16)24-21(15-23-13-5-4-6-22(23)24)18-8-10-19(25-3)11-9-18;/h4-15H,1-3H3;1H/q+1;/p-1. The van der Waals surface area contributed by atoms with E-state index < -0.39 is 0 Å². The second kappa shape index (κ2) is 7.34. The van der Waals surface area contributed by atoms with E-state index in [9.17, 15) is 0 Å². The van der Waals surface area contributed by atoms with Crippen LogP contribution in [0.25, 0.3) is 22.6 Å². The molecule has 2 heterocycles. The van der Waals surface area contributed by atoms with Crippen LogP contribution in [0.1, 0.15) is 11.1 Å². The quantitative estimate of drug-likeness (QED) is 0.470. The van der Waals surface area contributed by atoms with Gasteiger partial charge in [0.25, 0.3) is 5.65 Å². The predicted octanol–water partition coefficient (Wildman–Crippen LogP) is 1.51. The molecule has 0 atom stereocenters. The lowest BCUT2D eigenvalue weighted by Crippen LogP contribution is -3.00. The summed E-state index contributed by atoms with van der Waals surface area (Å²) in [6.07, 6.45) is 4.26. The average molecular weight is 409 g/mol. The van der Waals surface area contributed by atoms with Gasteiger partial charge in [0.1, 0.15) is 17.6 Å². The van der Waals surface area contributed by atoms with E-state index in [0.717, 1.165) is 22.7 Å². The van der Waals surface area contributed by atoms with Gasteiger partial charge in [-0.25, -0.2) is 4.40 Å². The average Bonchev–Trinajstić information content (AvgIpc) is 3.01. The molecule has 4 rings (SSSR count). The molecule has 0 fully saturated rings. The van der Waals surface area contributed by atoms with Crippen LogP contribution in [0.2, 0.25) is 0 Å². The minimum Gasteiger partial charge on any atom is -1.00 e. The van der Waals surface area contributed by atoms with Gasteiger partial charge in [0.05, 0.1) is 13.3 Å². The van der Waals surface area contributed by atoms with Crippen molar-refractivity contribution in [2.24, 2.45) is 0 Å². The van der Waals surface area contributed by atoms with Crippen molar-refractivity contribution in [2.75, 3.05) is 7.11 Å². The van der Waals surface area contributed by atoms with Gasteiger partial charge in [0.2, 0.25) is 0 Å². The van der Waals surface area contributed by atoms with E-state index in [1.807, 2.05) is 12.1 Å². The Morgan fingerprint density at radius 3 is 2.38 bits per heavy atom. The number of benzene rings is 2. The molecule has 0 aliphatic heterocycles. The predicted molar refractivity (Wildman–Crippen MR) is 100 cm³/mol. The van der Waals surface area contributed by atoms with Crippen LogP contribution in [0.3, 0.4) is 0 Å². The number of hydrogen-bond acceptors (Lipinski definition) is 1. The molecule has 2 aromatic carbocycles. The Morgan fingerprint density at radius 1 is 0.923 bits per heavy atom. The number of aryl methyl sites for hydroxylation is 2. The molecule has 132 valence electrons. The Kier molecular flexibility index (Phi) is 5.14. The van der Waals surface area contributed by atoms with Crippen LogP contribution in [0, 0.1) is 13.8 Å². The van der Waals surface area contributed by atoms with Gasteiger partial charge in [0.15, 0.2) is 5.69 Å². The summed E-state index contributed by atoms with van der Waals surface area (Å²) in [5.41, 5.74) is 7.18. The molecule has 0 aliphatic rings. The molecule has 0 bridgehead atoms. The normalized spacial score (nSPS) is 10.6. The third-order valence-corrected chi connectivity index (χ3v) is 4.58. The smallest absolute Gasteiger partial charge is 0.291 e. The van der Waals surface area contributed by atoms with Crippen molar-refractivity contribution >= 4 is 5.65 Å². The zero-order valence-corrected chi connectivity index (χ0v) is 16.7. The SMILES string of the molecule is COc1ccc(-c2c[n+]3ccccc3n2-c2ccc(C)cc2C)cc1.[Br-]. The Hall–Kier alpha value is -2.59. The maximum atomic E-state index is 5.30. The van der Waals surface area contributed by atoms with Gasteiger partial charge in [-0.2, -0.15) is 4.57 Å². The Morgan fingerprint density at radius 2 is 1.69 bits per heavy atom. The lowest BCUT2D eigenvalue weighted by molar-refractivity contribution is -0.510. The van der Waals surface area contributed by atoms with Crippen LogP contribution in [0.4, 0.5) is 0 Å². The lowest BCUT2D eigenvalue weighted by Gasteiger charge is -2.07. The number of pyridine rings is 1. The molecule has 0 N–H and O–H groups in total. The van der Waals surface area contributed by atoms with Crippen LogP contribution >= 0.6 is 0 Å². The minimum atomic E-state index is 0. The van der Waals surface area contributed by atoms with E-state index in [-0.39, 0.29) is 17.0 Å². The number of halogens is 1. The van der Waals surface area contributed by atoms with Gasteiger partial charge in [-0.15, -0.1) is 0 Å². The summed E-state index contributed by atoms with van der Waals surface area (Å²) in [6, 6.07) is 21.1. The Bertz CT molecular complexity index is 1050. The number of methoxy groups -OCH3 is 1. The van der Waals surface area contributed by atoms with E-state index in [0.29, 0.717) is 0 Å². The third kappa shape index (κ3) is 3.13. The number of fused-ring (bicyclic) bond motifs is 1. The van der Waals surface area contributed by atoms with Crippen molar-refractivity contribution < 1.29 is 26.1 Å². The first-order chi connectivity index (χ1) is 12.2. The van der Waals surface area contributed by atoms with Crippen molar-refractivity contribution in [2.45, 2.75) is 13.8 Å². The minimum absolute atomic E-state index is 0. The van der Waals surface area contributed by atoms with Crippen molar-refractivity contribution in [1.82, 2.24) is 4.57 Å². The zero-order valence-electron chi connectivity index (χ0n) is 15.1. The molecular weight excluding hydrogens is 388 g/mol. The molecule has 4 heteroatoms. The van der Waals surface area contributed by atoms with Crippen molar-refractivity contribution in [1.29, 1.82) is 0 Å². The second-order valence-corrected chi connectivity index (χ2v) is 6.33. The van der Waals surface area contributed by atoms with Crippen LogP contribution in [0.5, 0.6) is 5.75 Å². The Labute approximate surface area is 164 Å². The summed E-state index contributed by atoms with van der Waals surface area (Å²) < 4.78 is 9.78. The molecule has 4 aromatic rings. The fourth-order valence-electron chi connectivity index (χ4n) is 3.33. The van der Waals surface area contributed by atoms with E-state index in [1.165, 1.54) is 16.8 Å². The van der Waals surface area contributed by atoms with Crippen molar-refractivity contribution in [3.05, 3.63) is 84.2 Å². The highest BCUT2D eigenvalue weighted by Crippen LogP contribution is 2.28. The van der Waals surface area contributed by atoms with Crippen LogP contribution in [-0.2, 0) is 0 Å². The number of rotatable bonds is 3. The summed E-state index contributed by atoms with van der Waals surface area (Å²) in [5, 5.41) is 0. The lowest BCUT2D eigenvalue weighted by atomic mass is 10.1. The molecule has 0 amide bonds. The zero-order chi connectivity index (χ0) is 17.4. The van der Waals surface area contributed by atoms with Crippen LogP contribution < -0.4 is 26.1 Å². The van der Waals surface area contributed by atoms with Crippen molar-refractivity contribution in [3.63, 3.8) is 0 Å². The molecule has 0 unspecified atom stereocenters. The van der Waals surface area contributed by atoms with Gasteiger partial charge in [-0.3, -0.25) is 0 Å². The number of imidazole rings is 1. The third-order valence-electron chi connectivity index (χ3n) is 4.58. The molecule has 0 radical (unpaired) electrons. The number of nitrogens with zero attached hydrogens (tertiary/aromatic N) is 2. The van der Waals surface area contributed by atoms with Gasteiger partial charge >= 0.3 is 0 Å². The maximum absolute atomic E-state index is 5.30. The highest BCUT2D eigenvalue weighted by Gasteiger charge is 2.22. The first-order valence-electron chi connectivity index (χ1n) is 8.41. The molecule has 0 saturated heterocycles. The van der Waals surface area contributed by atoms with Crippen LogP contribution in [-0.4, -0.2) is 11.7 Å². The Balaban J connectivity index is 0.00000196. The molecule has 3 nitrogen and oxygen atoms in total. The van der Waals surface area contributed by atoms with Gasteiger partial charge in [0, 0.05) is 11.6 Å². The molecule has 26 heavy (non-hydrogen) atoms. The van der Waals surface area contributed by atoms with Gasteiger partial charge in [-0.1, -0.05) is 23.8 Å². The largest absolute Gasteiger partial charge is 1.00 e. The maximum Gasteiger partial charge on any atom is 0.291 e. The monoisotopic (exact) mass is 408 g/mol. The van der Waals surface area contributed by atoms with Gasteiger partial charge in [-0.05, 0) is 55.8 Å². The summed E-state index contributed by atoms with van der Waals surface area (Å²) in [6.45, 7) is 4.29. The number of aromatic nitrogens is 2. The van der Waals surface area contributed by atoms with E-state index >= 15 is 0 Å². The fourth-order valence-corrected chi connectivity index (χ4v) is 3.33.